The molecule has 0 spiro atoms. The van der Waals surface area contributed by atoms with E-state index in [4.69, 9.17) is 0 Å². The summed E-state index contributed by atoms with van der Waals surface area (Å²) in [6, 6.07) is 6.91. The SMILES string of the molecule is CCCNS(=O)(=O)c1ccc(CCC(=O)N[C@@H](C)CCC)cc1. The summed E-state index contributed by atoms with van der Waals surface area (Å²) >= 11 is 0. The number of sulfonamides is 1. The topological polar surface area (TPSA) is 75.3 Å². The molecule has 0 saturated carbocycles. The molecule has 1 amide bonds. The van der Waals surface area contributed by atoms with Gasteiger partial charge in [0, 0.05) is 19.0 Å². The maximum absolute atomic E-state index is 12.0. The minimum Gasteiger partial charge on any atom is -0.354 e. The zero-order chi connectivity index (χ0) is 17.3. The second kappa shape index (κ2) is 9.67. The highest BCUT2D eigenvalue weighted by molar-refractivity contribution is 7.89. The summed E-state index contributed by atoms with van der Waals surface area (Å²) in [6.45, 7) is 6.44. The van der Waals surface area contributed by atoms with Crippen molar-refractivity contribution in [2.75, 3.05) is 6.54 Å². The first-order valence-corrected chi connectivity index (χ1v) is 9.75. The van der Waals surface area contributed by atoms with Crippen molar-refractivity contribution < 1.29 is 13.2 Å². The molecule has 0 aromatic heterocycles. The fraction of sp³-hybridized carbons (Fsp3) is 0.588. The minimum absolute atomic E-state index is 0.0345. The molecular weight excluding hydrogens is 312 g/mol. The number of carbonyl (C=O) groups is 1. The van der Waals surface area contributed by atoms with Crippen LogP contribution in [0, 0.1) is 0 Å². The lowest BCUT2D eigenvalue weighted by molar-refractivity contribution is -0.121. The van der Waals surface area contributed by atoms with E-state index >= 15 is 0 Å². The van der Waals surface area contributed by atoms with E-state index in [1.807, 2.05) is 13.8 Å². The normalized spacial score (nSPS) is 12.8. The Morgan fingerprint density at radius 1 is 1.13 bits per heavy atom. The Labute approximate surface area is 139 Å². The van der Waals surface area contributed by atoms with Crippen LogP contribution in [0.2, 0.25) is 0 Å². The molecule has 0 bridgehead atoms. The number of amides is 1. The predicted octanol–water partition coefficient (Wildman–Crippen LogP) is 2.61. The summed E-state index contributed by atoms with van der Waals surface area (Å²) in [7, 11) is -3.42. The summed E-state index contributed by atoms with van der Waals surface area (Å²) in [5.74, 6) is 0.0345. The van der Waals surface area contributed by atoms with Crippen LogP contribution in [0.3, 0.4) is 0 Å². The van der Waals surface area contributed by atoms with Gasteiger partial charge in [-0.1, -0.05) is 32.4 Å². The van der Waals surface area contributed by atoms with Crippen LogP contribution in [-0.4, -0.2) is 26.9 Å². The lowest BCUT2D eigenvalue weighted by atomic mass is 10.1. The van der Waals surface area contributed by atoms with Crippen molar-refractivity contribution in [3.05, 3.63) is 29.8 Å². The van der Waals surface area contributed by atoms with Crippen LogP contribution in [0.15, 0.2) is 29.2 Å². The van der Waals surface area contributed by atoms with Crippen LogP contribution in [0.1, 0.15) is 52.0 Å². The van der Waals surface area contributed by atoms with E-state index in [0.29, 0.717) is 19.4 Å². The fourth-order valence-corrected chi connectivity index (χ4v) is 3.40. The monoisotopic (exact) mass is 340 g/mol. The first-order chi connectivity index (χ1) is 10.9. The number of rotatable bonds is 10. The number of hydrogen-bond acceptors (Lipinski definition) is 3. The third-order valence-corrected chi connectivity index (χ3v) is 5.02. The molecule has 23 heavy (non-hydrogen) atoms. The summed E-state index contributed by atoms with van der Waals surface area (Å²) in [5, 5.41) is 2.97. The van der Waals surface area contributed by atoms with Crippen molar-refractivity contribution in [3.8, 4) is 0 Å². The molecule has 130 valence electrons. The predicted molar refractivity (Wildman–Crippen MR) is 92.8 cm³/mol. The molecule has 0 saturated heterocycles. The quantitative estimate of drug-likeness (QED) is 0.687. The second-order valence-corrected chi connectivity index (χ2v) is 7.57. The van der Waals surface area contributed by atoms with Gasteiger partial charge in [0.05, 0.1) is 4.90 Å². The van der Waals surface area contributed by atoms with E-state index in [9.17, 15) is 13.2 Å². The van der Waals surface area contributed by atoms with E-state index in [1.165, 1.54) is 0 Å². The van der Waals surface area contributed by atoms with Crippen LogP contribution in [0.5, 0.6) is 0 Å². The number of hydrogen-bond donors (Lipinski definition) is 2. The number of benzene rings is 1. The summed E-state index contributed by atoms with van der Waals surface area (Å²) in [4.78, 5) is 12.1. The molecular formula is C17H28N2O3S. The standard InChI is InChI=1S/C17H28N2O3S/c1-4-6-14(3)19-17(20)12-9-15-7-10-16(11-8-15)23(21,22)18-13-5-2/h7-8,10-11,14,18H,4-6,9,12-13H2,1-3H3,(H,19,20)/t14-/m0/s1. The lowest BCUT2D eigenvalue weighted by Crippen LogP contribution is -2.32. The molecule has 1 aromatic rings. The van der Waals surface area contributed by atoms with E-state index in [0.717, 1.165) is 24.8 Å². The van der Waals surface area contributed by atoms with Gasteiger partial charge in [0.15, 0.2) is 0 Å². The highest BCUT2D eigenvalue weighted by Gasteiger charge is 2.13. The Bertz CT molecular complexity index is 582. The van der Waals surface area contributed by atoms with Gasteiger partial charge >= 0.3 is 0 Å². The van der Waals surface area contributed by atoms with E-state index in [1.54, 1.807) is 24.3 Å². The summed E-state index contributed by atoms with van der Waals surface area (Å²) < 4.78 is 26.5. The van der Waals surface area contributed by atoms with Crippen LogP contribution >= 0.6 is 0 Å². The first-order valence-electron chi connectivity index (χ1n) is 8.27. The van der Waals surface area contributed by atoms with Crippen molar-refractivity contribution in [1.29, 1.82) is 0 Å². The van der Waals surface area contributed by atoms with Gasteiger partial charge in [-0.05, 0) is 43.9 Å². The third-order valence-electron chi connectivity index (χ3n) is 3.55. The zero-order valence-corrected chi connectivity index (χ0v) is 15.1. The smallest absolute Gasteiger partial charge is 0.240 e. The highest BCUT2D eigenvalue weighted by atomic mass is 32.2. The Morgan fingerprint density at radius 2 is 1.78 bits per heavy atom. The number of aryl methyl sites for hydroxylation is 1. The van der Waals surface area contributed by atoms with Gasteiger partial charge in [0.2, 0.25) is 15.9 Å². The first kappa shape index (κ1) is 19.6. The molecule has 1 aromatic carbocycles. The molecule has 0 radical (unpaired) electrons. The summed E-state index contributed by atoms with van der Waals surface area (Å²) in [5.41, 5.74) is 0.956. The van der Waals surface area contributed by atoms with Crippen molar-refractivity contribution >= 4 is 15.9 Å². The fourth-order valence-electron chi connectivity index (χ4n) is 2.27. The molecule has 6 heteroatoms. The van der Waals surface area contributed by atoms with Crippen molar-refractivity contribution in [3.63, 3.8) is 0 Å². The molecule has 0 fully saturated rings. The zero-order valence-electron chi connectivity index (χ0n) is 14.3. The van der Waals surface area contributed by atoms with Crippen molar-refractivity contribution in [2.24, 2.45) is 0 Å². The average Bonchev–Trinajstić information content (AvgIpc) is 2.51. The van der Waals surface area contributed by atoms with E-state index in [-0.39, 0.29) is 16.8 Å². The molecule has 2 N–H and O–H groups in total. The van der Waals surface area contributed by atoms with E-state index < -0.39 is 10.0 Å². The Kier molecular flexibility index (Phi) is 8.26. The second-order valence-electron chi connectivity index (χ2n) is 5.80. The number of nitrogens with one attached hydrogen (secondary N) is 2. The maximum Gasteiger partial charge on any atom is 0.240 e. The molecule has 1 atom stereocenters. The lowest BCUT2D eigenvalue weighted by Gasteiger charge is -2.12. The van der Waals surface area contributed by atoms with Crippen molar-refractivity contribution in [1.82, 2.24) is 10.0 Å². The molecule has 0 aliphatic rings. The molecule has 0 aliphatic carbocycles. The van der Waals surface area contributed by atoms with Gasteiger partial charge in [-0.15, -0.1) is 0 Å². The Hall–Kier alpha value is -1.40. The van der Waals surface area contributed by atoms with Gasteiger partial charge in [-0.3, -0.25) is 4.79 Å². The molecule has 0 heterocycles. The van der Waals surface area contributed by atoms with Crippen molar-refractivity contribution in [2.45, 2.75) is 63.8 Å². The molecule has 0 unspecified atom stereocenters. The molecule has 1 rings (SSSR count). The average molecular weight is 340 g/mol. The maximum atomic E-state index is 12.0. The number of carbonyl (C=O) groups excluding carboxylic acids is 1. The van der Waals surface area contributed by atoms with Gasteiger partial charge < -0.3 is 5.32 Å². The van der Waals surface area contributed by atoms with Gasteiger partial charge in [-0.25, -0.2) is 13.1 Å². The molecule has 5 nitrogen and oxygen atoms in total. The van der Waals surface area contributed by atoms with Gasteiger partial charge in [0.25, 0.3) is 0 Å². The largest absolute Gasteiger partial charge is 0.354 e. The third kappa shape index (κ3) is 7.14. The van der Waals surface area contributed by atoms with Crippen LogP contribution < -0.4 is 10.0 Å². The van der Waals surface area contributed by atoms with Crippen LogP contribution in [-0.2, 0) is 21.2 Å². The van der Waals surface area contributed by atoms with E-state index in [2.05, 4.69) is 17.0 Å². The summed E-state index contributed by atoms with van der Waals surface area (Å²) in [6.07, 6.45) is 3.79. The Balaban J connectivity index is 2.53. The Morgan fingerprint density at radius 3 is 2.35 bits per heavy atom. The van der Waals surface area contributed by atoms with Crippen LogP contribution in [0.4, 0.5) is 0 Å². The van der Waals surface area contributed by atoms with Gasteiger partial charge in [0.1, 0.15) is 0 Å². The molecule has 0 aliphatic heterocycles. The highest BCUT2D eigenvalue weighted by Crippen LogP contribution is 2.12. The minimum atomic E-state index is -3.42. The van der Waals surface area contributed by atoms with Gasteiger partial charge in [-0.2, -0.15) is 0 Å². The van der Waals surface area contributed by atoms with Crippen LogP contribution in [0.25, 0.3) is 0 Å².